The molecule has 5 heteroatoms. The average Bonchev–Trinajstić information content (AvgIpc) is 3.18. The molecule has 0 bridgehead atoms. The summed E-state index contributed by atoms with van der Waals surface area (Å²) in [4.78, 5) is 2.42. The molecule has 1 aliphatic rings. The van der Waals surface area contributed by atoms with Crippen LogP contribution < -0.4 is 10.1 Å². The highest BCUT2D eigenvalue weighted by molar-refractivity contribution is 5.58. The lowest BCUT2D eigenvalue weighted by atomic mass is 10.0. The molecule has 0 saturated carbocycles. The molecule has 26 heavy (non-hydrogen) atoms. The fourth-order valence-electron chi connectivity index (χ4n) is 3.52. The number of para-hydroxylation sites is 1. The van der Waals surface area contributed by atoms with E-state index in [0.29, 0.717) is 0 Å². The lowest BCUT2D eigenvalue weighted by Crippen LogP contribution is -2.45. The summed E-state index contributed by atoms with van der Waals surface area (Å²) in [6, 6.07) is 20.6. The topological polar surface area (TPSA) is 50.5 Å². The van der Waals surface area contributed by atoms with Crippen LogP contribution in [0.2, 0.25) is 0 Å². The number of rotatable bonds is 5. The normalized spacial score (nSPS) is 18.0. The van der Waals surface area contributed by atoms with Gasteiger partial charge in [-0.05, 0) is 6.07 Å². The number of piperazine rings is 1. The summed E-state index contributed by atoms with van der Waals surface area (Å²) >= 11 is 0. The highest BCUT2D eigenvalue weighted by atomic mass is 16.5. The van der Waals surface area contributed by atoms with E-state index in [-0.39, 0.29) is 6.04 Å². The predicted molar refractivity (Wildman–Crippen MR) is 101 cm³/mol. The minimum absolute atomic E-state index is 0.241. The third-order valence-corrected chi connectivity index (χ3v) is 4.84. The van der Waals surface area contributed by atoms with Crippen LogP contribution in [-0.2, 0) is 6.54 Å². The molecule has 0 radical (unpaired) electrons. The van der Waals surface area contributed by atoms with E-state index < -0.39 is 0 Å². The zero-order chi connectivity index (χ0) is 17.8. The summed E-state index contributed by atoms with van der Waals surface area (Å²) < 4.78 is 11.2. The smallest absolute Gasteiger partial charge is 0.151 e. The van der Waals surface area contributed by atoms with E-state index in [1.54, 1.807) is 7.11 Å². The molecule has 1 aromatic heterocycles. The van der Waals surface area contributed by atoms with Gasteiger partial charge in [0, 0.05) is 36.8 Å². The van der Waals surface area contributed by atoms with Gasteiger partial charge in [-0.15, -0.1) is 0 Å². The van der Waals surface area contributed by atoms with Crippen LogP contribution in [0.3, 0.4) is 0 Å². The van der Waals surface area contributed by atoms with E-state index in [4.69, 9.17) is 9.26 Å². The number of nitrogens with one attached hydrogen (secondary N) is 1. The second kappa shape index (κ2) is 7.72. The summed E-state index contributed by atoms with van der Waals surface area (Å²) in [6.45, 7) is 3.53. The van der Waals surface area contributed by atoms with Crippen molar-refractivity contribution in [1.82, 2.24) is 15.4 Å². The van der Waals surface area contributed by atoms with Gasteiger partial charge in [0.2, 0.25) is 0 Å². The van der Waals surface area contributed by atoms with E-state index in [1.807, 2.05) is 48.5 Å². The second-order valence-corrected chi connectivity index (χ2v) is 6.48. The molecule has 1 fully saturated rings. The fourth-order valence-corrected chi connectivity index (χ4v) is 3.52. The van der Waals surface area contributed by atoms with Crippen LogP contribution in [-0.4, -0.2) is 36.8 Å². The van der Waals surface area contributed by atoms with Crippen LogP contribution in [0.5, 0.6) is 5.75 Å². The molecule has 4 rings (SSSR count). The molecular weight excluding hydrogens is 326 g/mol. The van der Waals surface area contributed by atoms with Crippen LogP contribution in [0.25, 0.3) is 11.3 Å². The maximum atomic E-state index is 5.62. The molecule has 0 amide bonds. The average molecular weight is 349 g/mol. The van der Waals surface area contributed by atoms with Gasteiger partial charge in [-0.3, -0.25) is 4.90 Å². The number of methoxy groups -OCH3 is 1. The lowest BCUT2D eigenvalue weighted by Gasteiger charge is -2.36. The Bertz CT molecular complexity index is 847. The molecule has 1 unspecified atom stereocenters. The van der Waals surface area contributed by atoms with Crippen LogP contribution in [0.4, 0.5) is 0 Å². The van der Waals surface area contributed by atoms with Crippen molar-refractivity contribution in [3.05, 3.63) is 72.0 Å². The summed E-state index contributed by atoms with van der Waals surface area (Å²) in [5.74, 6) is 1.80. The van der Waals surface area contributed by atoms with Gasteiger partial charge in [0.05, 0.1) is 19.7 Å². The van der Waals surface area contributed by atoms with Gasteiger partial charge in [0.1, 0.15) is 11.4 Å². The molecule has 5 nitrogen and oxygen atoms in total. The fraction of sp³-hybridized carbons (Fsp3) is 0.286. The van der Waals surface area contributed by atoms with Gasteiger partial charge in [0.15, 0.2) is 5.76 Å². The number of hydrogen-bond acceptors (Lipinski definition) is 5. The first-order chi connectivity index (χ1) is 12.8. The molecule has 134 valence electrons. The minimum atomic E-state index is 0.241. The molecule has 1 atom stereocenters. The van der Waals surface area contributed by atoms with Crippen LogP contribution in [0, 0.1) is 0 Å². The maximum absolute atomic E-state index is 5.62. The first kappa shape index (κ1) is 16.8. The largest absolute Gasteiger partial charge is 0.496 e. The van der Waals surface area contributed by atoms with Gasteiger partial charge in [-0.25, -0.2) is 0 Å². The molecule has 3 aromatic rings. The van der Waals surface area contributed by atoms with Crippen molar-refractivity contribution in [2.24, 2.45) is 0 Å². The monoisotopic (exact) mass is 349 g/mol. The zero-order valence-electron chi connectivity index (χ0n) is 14.9. The van der Waals surface area contributed by atoms with E-state index >= 15 is 0 Å². The van der Waals surface area contributed by atoms with Gasteiger partial charge in [0.25, 0.3) is 0 Å². The van der Waals surface area contributed by atoms with E-state index in [1.165, 1.54) is 5.56 Å². The van der Waals surface area contributed by atoms with Crippen molar-refractivity contribution in [2.45, 2.75) is 12.6 Å². The van der Waals surface area contributed by atoms with Crippen molar-refractivity contribution in [3.8, 4) is 17.0 Å². The number of nitrogens with zero attached hydrogens (tertiary/aromatic N) is 2. The molecule has 2 heterocycles. The van der Waals surface area contributed by atoms with Crippen molar-refractivity contribution < 1.29 is 9.26 Å². The Morgan fingerprint density at radius 1 is 1.15 bits per heavy atom. The first-order valence-corrected chi connectivity index (χ1v) is 8.94. The number of ether oxygens (including phenoxy) is 1. The van der Waals surface area contributed by atoms with Gasteiger partial charge in [-0.2, -0.15) is 0 Å². The number of hydrogen-bond donors (Lipinski definition) is 1. The molecule has 1 saturated heterocycles. The molecule has 2 aromatic carbocycles. The van der Waals surface area contributed by atoms with Gasteiger partial charge >= 0.3 is 0 Å². The quantitative estimate of drug-likeness (QED) is 0.764. The van der Waals surface area contributed by atoms with Crippen molar-refractivity contribution in [1.29, 1.82) is 0 Å². The molecule has 0 aliphatic carbocycles. The summed E-state index contributed by atoms with van der Waals surface area (Å²) in [5, 5.41) is 7.73. The minimum Gasteiger partial charge on any atom is -0.496 e. The molecule has 1 N–H and O–H groups in total. The Morgan fingerprint density at radius 2 is 1.96 bits per heavy atom. The summed E-state index contributed by atoms with van der Waals surface area (Å²) in [6.07, 6.45) is 0. The Labute approximate surface area is 153 Å². The van der Waals surface area contributed by atoms with E-state index in [2.05, 4.69) is 27.5 Å². The first-order valence-electron chi connectivity index (χ1n) is 8.94. The van der Waals surface area contributed by atoms with Crippen LogP contribution in [0.15, 0.2) is 65.2 Å². The summed E-state index contributed by atoms with van der Waals surface area (Å²) in [5.41, 5.74) is 3.15. The molecule has 1 aliphatic heterocycles. The Kier molecular flexibility index (Phi) is 5.00. The SMILES string of the molecule is COc1ccccc1C1CNCCN1Cc1cc(-c2ccccc2)no1. The van der Waals surface area contributed by atoms with Crippen molar-refractivity contribution in [3.63, 3.8) is 0 Å². The Balaban J connectivity index is 1.55. The number of aromatic nitrogens is 1. The van der Waals surface area contributed by atoms with Crippen molar-refractivity contribution in [2.75, 3.05) is 26.7 Å². The van der Waals surface area contributed by atoms with Crippen LogP contribution >= 0.6 is 0 Å². The van der Waals surface area contributed by atoms with E-state index in [0.717, 1.165) is 48.9 Å². The van der Waals surface area contributed by atoms with E-state index in [9.17, 15) is 0 Å². The highest BCUT2D eigenvalue weighted by Crippen LogP contribution is 2.31. The Morgan fingerprint density at radius 3 is 2.81 bits per heavy atom. The van der Waals surface area contributed by atoms with Gasteiger partial charge in [-0.1, -0.05) is 53.7 Å². The lowest BCUT2D eigenvalue weighted by molar-refractivity contribution is 0.136. The van der Waals surface area contributed by atoms with Crippen LogP contribution in [0.1, 0.15) is 17.4 Å². The number of benzene rings is 2. The second-order valence-electron chi connectivity index (χ2n) is 6.48. The Hall–Kier alpha value is -2.63. The maximum Gasteiger partial charge on any atom is 0.151 e. The molecular formula is C21H23N3O2. The predicted octanol–water partition coefficient (Wildman–Crippen LogP) is 3.50. The van der Waals surface area contributed by atoms with Gasteiger partial charge < -0.3 is 14.6 Å². The zero-order valence-corrected chi connectivity index (χ0v) is 14.9. The van der Waals surface area contributed by atoms with Crippen molar-refractivity contribution >= 4 is 0 Å². The molecule has 0 spiro atoms. The standard InChI is InChI=1S/C21H23N3O2/c1-25-21-10-6-5-9-18(21)20-14-22-11-12-24(20)15-17-13-19(23-26-17)16-7-3-2-4-8-16/h2-10,13,20,22H,11-12,14-15H2,1H3. The highest BCUT2D eigenvalue weighted by Gasteiger charge is 2.27. The summed E-state index contributed by atoms with van der Waals surface area (Å²) in [7, 11) is 1.72. The third kappa shape index (κ3) is 3.49. The third-order valence-electron chi connectivity index (χ3n) is 4.84.